The van der Waals surface area contributed by atoms with Crippen molar-refractivity contribution in [2.45, 2.75) is 0 Å². The molecule has 3 rings (SSSR count). The van der Waals surface area contributed by atoms with Gasteiger partial charge in [-0.2, -0.15) is 0 Å². The van der Waals surface area contributed by atoms with E-state index in [2.05, 4.69) is 15.3 Å². The lowest BCUT2D eigenvalue weighted by molar-refractivity contribution is 0.101. The first-order valence-corrected chi connectivity index (χ1v) is 6.20. The number of aromatic nitrogens is 3. The van der Waals surface area contributed by atoms with E-state index in [-0.39, 0.29) is 5.91 Å². The molecule has 0 bridgehead atoms. The Balaban J connectivity index is 1.88. The van der Waals surface area contributed by atoms with Crippen LogP contribution in [0.4, 0.5) is 5.13 Å². The molecule has 0 unspecified atom stereocenters. The number of anilines is 1. The average Bonchev–Trinajstić information content (AvgIpc) is 2.94. The fourth-order valence-electron chi connectivity index (χ4n) is 1.66. The Kier molecular flexibility index (Phi) is 2.56. The number of para-hydroxylation sites is 1. The van der Waals surface area contributed by atoms with Gasteiger partial charge in [-0.25, -0.2) is 9.97 Å². The number of carbonyl (C=O) groups is 1. The average molecular weight is 258 g/mol. The highest BCUT2D eigenvalue weighted by molar-refractivity contribution is 7.22. The quantitative estimate of drug-likeness (QED) is 0.767. The molecule has 0 aliphatic heterocycles. The zero-order valence-electron chi connectivity index (χ0n) is 9.62. The summed E-state index contributed by atoms with van der Waals surface area (Å²) in [5, 5.41) is 3.35. The van der Waals surface area contributed by atoms with Gasteiger partial charge in [-0.1, -0.05) is 23.5 Å². The highest BCUT2D eigenvalue weighted by Crippen LogP contribution is 2.25. The van der Waals surface area contributed by atoms with Crippen molar-refractivity contribution in [3.63, 3.8) is 0 Å². The van der Waals surface area contributed by atoms with Gasteiger partial charge in [0.15, 0.2) is 11.0 Å². The number of aryl methyl sites for hydroxylation is 1. The molecule has 0 fully saturated rings. The van der Waals surface area contributed by atoms with Gasteiger partial charge in [-0.3, -0.25) is 10.1 Å². The van der Waals surface area contributed by atoms with E-state index in [4.69, 9.17) is 0 Å². The minimum Gasteiger partial charge on any atom is -0.330 e. The van der Waals surface area contributed by atoms with Crippen LogP contribution in [0.1, 0.15) is 10.6 Å². The number of nitrogens with zero attached hydrogens (tertiary/aromatic N) is 3. The molecule has 1 N–H and O–H groups in total. The molecule has 5 nitrogen and oxygen atoms in total. The lowest BCUT2D eigenvalue weighted by Crippen LogP contribution is -2.16. The maximum atomic E-state index is 11.9. The Bertz CT molecular complexity index is 683. The number of fused-ring (bicyclic) bond motifs is 1. The highest BCUT2D eigenvalue weighted by Gasteiger charge is 2.13. The van der Waals surface area contributed by atoms with Gasteiger partial charge in [-0.05, 0) is 12.1 Å². The van der Waals surface area contributed by atoms with E-state index >= 15 is 0 Å². The topological polar surface area (TPSA) is 59.8 Å². The van der Waals surface area contributed by atoms with E-state index in [9.17, 15) is 4.79 Å². The maximum Gasteiger partial charge on any atom is 0.293 e. The third-order valence-electron chi connectivity index (χ3n) is 2.54. The van der Waals surface area contributed by atoms with Crippen molar-refractivity contribution in [2.75, 3.05) is 5.32 Å². The Morgan fingerprint density at radius 1 is 1.39 bits per heavy atom. The third kappa shape index (κ3) is 1.86. The molecule has 0 saturated carbocycles. The highest BCUT2D eigenvalue weighted by atomic mass is 32.1. The second kappa shape index (κ2) is 4.23. The van der Waals surface area contributed by atoms with Gasteiger partial charge < -0.3 is 4.57 Å². The van der Waals surface area contributed by atoms with Crippen molar-refractivity contribution in [3.8, 4) is 0 Å². The van der Waals surface area contributed by atoms with Crippen LogP contribution in [0.5, 0.6) is 0 Å². The maximum absolute atomic E-state index is 11.9. The van der Waals surface area contributed by atoms with Crippen LogP contribution >= 0.6 is 11.3 Å². The summed E-state index contributed by atoms with van der Waals surface area (Å²) in [5.74, 6) is 0.121. The Morgan fingerprint density at radius 2 is 2.22 bits per heavy atom. The van der Waals surface area contributed by atoms with Crippen molar-refractivity contribution in [1.82, 2.24) is 14.5 Å². The van der Waals surface area contributed by atoms with E-state index in [0.717, 1.165) is 10.2 Å². The predicted molar refractivity (Wildman–Crippen MR) is 70.8 cm³/mol. The molecule has 90 valence electrons. The summed E-state index contributed by atoms with van der Waals surface area (Å²) in [7, 11) is 1.78. The fraction of sp³-hybridized carbons (Fsp3) is 0.0833. The fourth-order valence-corrected chi connectivity index (χ4v) is 2.52. The normalized spacial score (nSPS) is 10.7. The molecule has 0 saturated heterocycles. The molecule has 0 radical (unpaired) electrons. The largest absolute Gasteiger partial charge is 0.330 e. The zero-order valence-corrected chi connectivity index (χ0v) is 10.4. The first-order chi connectivity index (χ1) is 8.74. The molecule has 6 heteroatoms. The minimum absolute atomic E-state index is 0.249. The number of imidazole rings is 1. The summed E-state index contributed by atoms with van der Waals surface area (Å²) >= 11 is 1.45. The van der Waals surface area contributed by atoms with Crippen LogP contribution in [0.3, 0.4) is 0 Å². The van der Waals surface area contributed by atoms with Gasteiger partial charge in [0.1, 0.15) is 0 Å². The number of hydrogen-bond acceptors (Lipinski definition) is 4. The number of amides is 1. The van der Waals surface area contributed by atoms with Crippen LogP contribution in [0.2, 0.25) is 0 Å². The summed E-state index contributed by atoms with van der Waals surface area (Å²) in [6.45, 7) is 0. The standard InChI is InChI=1S/C12H10N4OS/c1-16-7-6-13-10(16)11(17)15-12-14-8-4-2-3-5-9(8)18-12/h2-7H,1H3,(H,14,15,17). The van der Waals surface area contributed by atoms with E-state index in [1.165, 1.54) is 11.3 Å². The van der Waals surface area contributed by atoms with Crippen molar-refractivity contribution in [3.05, 3.63) is 42.5 Å². The minimum atomic E-state index is -0.249. The first-order valence-electron chi connectivity index (χ1n) is 5.38. The zero-order chi connectivity index (χ0) is 12.5. The van der Waals surface area contributed by atoms with Gasteiger partial charge in [0.25, 0.3) is 5.91 Å². The Morgan fingerprint density at radius 3 is 2.94 bits per heavy atom. The third-order valence-corrected chi connectivity index (χ3v) is 3.49. The lowest BCUT2D eigenvalue weighted by Gasteiger charge is -2.00. The molecule has 2 aromatic heterocycles. The molecule has 0 atom stereocenters. The van der Waals surface area contributed by atoms with Gasteiger partial charge >= 0.3 is 0 Å². The number of hydrogen-bond donors (Lipinski definition) is 1. The van der Waals surface area contributed by atoms with E-state index in [1.807, 2.05) is 24.3 Å². The molecule has 1 aromatic carbocycles. The summed E-state index contributed by atoms with van der Waals surface area (Å²) in [4.78, 5) is 20.3. The van der Waals surface area contributed by atoms with Crippen LogP contribution in [0.15, 0.2) is 36.7 Å². The van der Waals surface area contributed by atoms with Crippen molar-refractivity contribution < 1.29 is 4.79 Å². The molecule has 2 heterocycles. The summed E-state index contributed by atoms with van der Waals surface area (Å²) in [6.07, 6.45) is 3.32. The van der Waals surface area contributed by atoms with Crippen molar-refractivity contribution in [2.24, 2.45) is 7.05 Å². The number of rotatable bonds is 2. The monoisotopic (exact) mass is 258 g/mol. The van der Waals surface area contributed by atoms with E-state index in [1.54, 1.807) is 24.0 Å². The van der Waals surface area contributed by atoms with E-state index < -0.39 is 0 Å². The lowest BCUT2D eigenvalue weighted by atomic mass is 10.3. The van der Waals surface area contributed by atoms with Crippen molar-refractivity contribution in [1.29, 1.82) is 0 Å². The molecule has 1 amide bonds. The molecular weight excluding hydrogens is 248 g/mol. The first kappa shape index (κ1) is 10.9. The van der Waals surface area contributed by atoms with Gasteiger partial charge in [0, 0.05) is 19.4 Å². The Hall–Kier alpha value is -2.21. The number of benzene rings is 1. The SMILES string of the molecule is Cn1ccnc1C(=O)Nc1nc2ccccc2s1. The molecule has 18 heavy (non-hydrogen) atoms. The predicted octanol–water partition coefficient (Wildman–Crippen LogP) is 2.28. The second-order valence-electron chi connectivity index (χ2n) is 3.80. The summed E-state index contributed by atoms with van der Waals surface area (Å²) in [5.41, 5.74) is 0.887. The summed E-state index contributed by atoms with van der Waals surface area (Å²) < 4.78 is 2.72. The Labute approximate surface area is 107 Å². The van der Waals surface area contributed by atoms with E-state index in [0.29, 0.717) is 11.0 Å². The van der Waals surface area contributed by atoms with Crippen LogP contribution in [0, 0.1) is 0 Å². The molecule has 3 aromatic rings. The van der Waals surface area contributed by atoms with Crippen LogP contribution in [-0.4, -0.2) is 20.4 Å². The van der Waals surface area contributed by atoms with Crippen molar-refractivity contribution >= 4 is 32.6 Å². The smallest absolute Gasteiger partial charge is 0.293 e. The molecular formula is C12H10N4OS. The number of nitrogens with one attached hydrogen (secondary N) is 1. The molecule has 0 spiro atoms. The van der Waals surface area contributed by atoms with Crippen LogP contribution in [0.25, 0.3) is 10.2 Å². The van der Waals surface area contributed by atoms with Gasteiger partial charge in [0.2, 0.25) is 0 Å². The molecule has 0 aliphatic rings. The van der Waals surface area contributed by atoms with Gasteiger partial charge in [0.05, 0.1) is 10.2 Å². The second-order valence-corrected chi connectivity index (χ2v) is 4.83. The van der Waals surface area contributed by atoms with Crippen LogP contribution < -0.4 is 5.32 Å². The number of thiazole rings is 1. The number of carbonyl (C=O) groups excluding carboxylic acids is 1. The van der Waals surface area contributed by atoms with Gasteiger partial charge in [-0.15, -0.1) is 0 Å². The summed E-state index contributed by atoms with van der Waals surface area (Å²) in [6, 6.07) is 7.77. The molecule has 0 aliphatic carbocycles. The van der Waals surface area contributed by atoms with Crippen LogP contribution in [-0.2, 0) is 7.05 Å².